The minimum atomic E-state index is 0.205. The van der Waals surface area contributed by atoms with Crippen LogP contribution in [0.2, 0.25) is 0 Å². The van der Waals surface area contributed by atoms with Crippen molar-refractivity contribution in [2.24, 2.45) is 5.73 Å². The van der Waals surface area contributed by atoms with Crippen molar-refractivity contribution in [3.05, 3.63) is 0 Å². The molecule has 0 aromatic rings. The Bertz CT molecular complexity index is 105. The second kappa shape index (κ2) is 8.48. The molecule has 80 valence electrons. The van der Waals surface area contributed by atoms with Gasteiger partial charge in [-0.1, -0.05) is 20.8 Å². The van der Waals surface area contributed by atoms with Crippen molar-refractivity contribution < 1.29 is 4.74 Å². The number of ether oxygens (including phenoxy) is 1. The van der Waals surface area contributed by atoms with Gasteiger partial charge >= 0.3 is 0 Å². The van der Waals surface area contributed by atoms with Crippen LogP contribution in [-0.4, -0.2) is 43.8 Å². The Labute approximate surface area is 82.2 Å². The summed E-state index contributed by atoms with van der Waals surface area (Å²) < 4.78 is 5.45. The fourth-order valence-electron chi connectivity index (χ4n) is 1.09. The second-order valence-electron chi connectivity index (χ2n) is 3.27. The van der Waals surface area contributed by atoms with E-state index in [4.69, 9.17) is 10.5 Å². The average molecular weight is 188 g/mol. The Balaban J connectivity index is 3.23. The highest BCUT2D eigenvalue weighted by atomic mass is 16.5. The molecule has 0 aliphatic rings. The molecule has 1 unspecified atom stereocenters. The van der Waals surface area contributed by atoms with Gasteiger partial charge in [-0.25, -0.2) is 0 Å². The summed E-state index contributed by atoms with van der Waals surface area (Å²) in [5.74, 6) is 0. The quantitative estimate of drug-likeness (QED) is 0.579. The normalized spacial score (nSPS) is 13.6. The summed E-state index contributed by atoms with van der Waals surface area (Å²) in [5, 5.41) is 0. The first-order chi connectivity index (χ1) is 6.24. The van der Waals surface area contributed by atoms with Gasteiger partial charge in [0.15, 0.2) is 0 Å². The van der Waals surface area contributed by atoms with Gasteiger partial charge < -0.3 is 15.4 Å². The zero-order valence-corrected chi connectivity index (χ0v) is 9.25. The van der Waals surface area contributed by atoms with Crippen molar-refractivity contribution in [1.82, 2.24) is 4.90 Å². The lowest BCUT2D eigenvalue weighted by Crippen LogP contribution is -2.30. The molecule has 0 aromatic carbocycles. The number of hydrogen-bond donors (Lipinski definition) is 1. The van der Waals surface area contributed by atoms with Crippen LogP contribution < -0.4 is 5.73 Å². The van der Waals surface area contributed by atoms with Crippen molar-refractivity contribution in [2.75, 3.05) is 32.8 Å². The van der Waals surface area contributed by atoms with Crippen molar-refractivity contribution in [3.8, 4) is 0 Å². The van der Waals surface area contributed by atoms with Crippen LogP contribution in [0.3, 0.4) is 0 Å². The van der Waals surface area contributed by atoms with Crippen LogP contribution in [0.5, 0.6) is 0 Å². The lowest BCUT2D eigenvalue weighted by Gasteiger charge is -2.18. The summed E-state index contributed by atoms with van der Waals surface area (Å²) in [4.78, 5) is 2.34. The molecule has 3 nitrogen and oxygen atoms in total. The van der Waals surface area contributed by atoms with E-state index < -0.39 is 0 Å². The molecule has 0 saturated carbocycles. The number of rotatable bonds is 8. The van der Waals surface area contributed by atoms with E-state index >= 15 is 0 Å². The fourth-order valence-corrected chi connectivity index (χ4v) is 1.09. The highest BCUT2D eigenvalue weighted by molar-refractivity contribution is 4.56. The van der Waals surface area contributed by atoms with E-state index in [1.807, 2.05) is 0 Å². The summed E-state index contributed by atoms with van der Waals surface area (Å²) in [5.41, 5.74) is 5.72. The predicted octanol–water partition coefficient (Wildman–Crippen LogP) is 1.08. The number of nitrogens with two attached hydrogens (primary N) is 1. The lowest BCUT2D eigenvalue weighted by atomic mass is 10.3. The minimum absolute atomic E-state index is 0.205. The van der Waals surface area contributed by atoms with Crippen molar-refractivity contribution >= 4 is 0 Å². The third-order valence-corrected chi connectivity index (χ3v) is 2.30. The van der Waals surface area contributed by atoms with Gasteiger partial charge in [-0.3, -0.25) is 0 Å². The molecular formula is C10H24N2O. The van der Waals surface area contributed by atoms with Crippen molar-refractivity contribution in [1.29, 1.82) is 0 Å². The van der Waals surface area contributed by atoms with E-state index in [1.54, 1.807) is 0 Å². The van der Waals surface area contributed by atoms with Crippen LogP contribution >= 0.6 is 0 Å². The lowest BCUT2D eigenvalue weighted by molar-refractivity contribution is 0.0961. The van der Waals surface area contributed by atoms with E-state index in [-0.39, 0.29) is 6.04 Å². The molecule has 0 bridgehead atoms. The zero-order chi connectivity index (χ0) is 10.1. The van der Waals surface area contributed by atoms with Gasteiger partial charge in [0.2, 0.25) is 0 Å². The van der Waals surface area contributed by atoms with Gasteiger partial charge in [-0.05, 0) is 19.5 Å². The van der Waals surface area contributed by atoms with Gasteiger partial charge in [-0.15, -0.1) is 0 Å². The Morgan fingerprint density at radius 1 is 1.23 bits per heavy atom. The van der Waals surface area contributed by atoms with Gasteiger partial charge in [-0.2, -0.15) is 0 Å². The molecule has 0 rings (SSSR count). The minimum Gasteiger partial charge on any atom is -0.379 e. The Morgan fingerprint density at radius 2 is 1.85 bits per heavy atom. The molecule has 0 fully saturated rings. The van der Waals surface area contributed by atoms with Crippen LogP contribution in [-0.2, 0) is 4.74 Å². The zero-order valence-electron chi connectivity index (χ0n) is 9.25. The van der Waals surface area contributed by atoms with E-state index in [1.165, 1.54) is 0 Å². The highest BCUT2D eigenvalue weighted by Gasteiger charge is 2.00. The van der Waals surface area contributed by atoms with Crippen molar-refractivity contribution in [3.63, 3.8) is 0 Å². The Kier molecular flexibility index (Phi) is 8.40. The molecule has 0 aliphatic carbocycles. The predicted molar refractivity (Wildman–Crippen MR) is 56.9 cm³/mol. The molecule has 0 radical (unpaired) electrons. The van der Waals surface area contributed by atoms with Gasteiger partial charge in [0, 0.05) is 12.6 Å². The topological polar surface area (TPSA) is 38.5 Å². The maximum absolute atomic E-state index is 5.72. The largest absolute Gasteiger partial charge is 0.379 e. The van der Waals surface area contributed by atoms with Crippen molar-refractivity contribution in [2.45, 2.75) is 33.2 Å². The molecule has 0 aromatic heterocycles. The molecule has 0 spiro atoms. The summed E-state index contributed by atoms with van der Waals surface area (Å²) >= 11 is 0. The van der Waals surface area contributed by atoms with E-state index in [0.29, 0.717) is 6.61 Å². The number of nitrogens with zero attached hydrogens (tertiary/aromatic N) is 1. The first kappa shape index (κ1) is 12.9. The maximum atomic E-state index is 5.72. The van der Waals surface area contributed by atoms with Crippen LogP contribution in [0.15, 0.2) is 0 Å². The Hall–Kier alpha value is -0.120. The first-order valence-corrected chi connectivity index (χ1v) is 5.30. The fraction of sp³-hybridized carbons (Fsp3) is 1.00. The van der Waals surface area contributed by atoms with Gasteiger partial charge in [0.25, 0.3) is 0 Å². The summed E-state index contributed by atoms with van der Waals surface area (Å²) in [6.07, 6.45) is 0.991. The van der Waals surface area contributed by atoms with Crippen LogP contribution in [0, 0.1) is 0 Å². The SMILES string of the molecule is CCC(N)COCCN(CC)CC. The summed E-state index contributed by atoms with van der Waals surface area (Å²) in [7, 11) is 0. The van der Waals surface area contributed by atoms with Gasteiger partial charge in [0.1, 0.15) is 0 Å². The highest BCUT2D eigenvalue weighted by Crippen LogP contribution is 1.90. The van der Waals surface area contributed by atoms with E-state index in [0.717, 1.165) is 32.7 Å². The smallest absolute Gasteiger partial charge is 0.0618 e. The summed E-state index contributed by atoms with van der Waals surface area (Å²) in [6, 6.07) is 0.205. The number of likely N-dealkylation sites (N-methyl/N-ethyl adjacent to an activating group) is 1. The van der Waals surface area contributed by atoms with Crippen LogP contribution in [0.25, 0.3) is 0 Å². The van der Waals surface area contributed by atoms with Gasteiger partial charge in [0.05, 0.1) is 13.2 Å². The molecule has 0 amide bonds. The second-order valence-corrected chi connectivity index (χ2v) is 3.27. The third kappa shape index (κ3) is 6.99. The van der Waals surface area contributed by atoms with Crippen LogP contribution in [0.4, 0.5) is 0 Å². The molecular weight excluding hydrogens is 164 g/mol. The third-order valence-electron chi connectivity index (χ3n) is 2.30. The monoisotopic (exact) mass is 188 g/mol. The van der Waals surface area contributed by atoms with E-state index in [2.05, 4.69) is 25.7 Å². The molecule has 0 aliphatic heterocycles. The first-order valence-electron chi connectivity index (χ1n) is 5.30. The standard InChI is InChI=1S/C10H24N2O/c1-4-10(11)9-13-8-7-12(5-2)6-3/h10H,4-9,11H2,1-3H3. The van der Waals surface area contributed by atoms with Crippen LogP contribution in [0.1, 0.15) is 27.2 Å². The van der Waals surface area contributed by atoms with E-state index in [9.17, 15) is 0 Å². The summed E-state index contributed by atoms with van der Waals surface area (Å²) in [6.45, 7) is 11.1. The number of hydrogen-bond acceptors (Lipinski definition) is 3. The Morgan fingerprint density at radius 3 is 2.31 bits per heavy atom. The molecule has 2 N–H and O–H groups in total. The molecule has 1 atom stereocenters. The molecule has 13 heavy (non-hydrogen) atoms. The maximum Gasteiger partial charge on any atom is 0.0618 e. The molecule has 3 heteroatoms. The molecule has 0 saturated heterocycles. The average Bonchev–Trinajstić information content (AvgIpc) is 2.18. The molecule has 0 heterocycles.